The summed E-state index contributed by atoms with van der Waals surface area (Å²) in [6.45, 7) is 3.98. The van der Waals surface area contributed by atoms with Gasteiger partial charge in [0.05, 0.1) is 12.8 Å². The topological polar surface area (TPSA) is 125 Å². The van der Waals surface area contributed by atoms with Crippen molar-refractivity contribution in [2.24, 2.45) is 5.73 Å². The lowest BCUT2D eigenvalue weighted by molar-refractivity contribution is -0.161. The first-order valence-corrected chi connectivity index (χ1v) is 21.8. The first-order valence-electron chi connectivity index (χ1n) is 20.0. The molecule has 0 radical (unpaired) electrons. The van der Waals surface area contributed by atoms with Crippen molar-refractivity contribution in [1.82, 2.24) is 0 Å². The van der Waals surface area contributed by atoms with Crippen LogP contribution >= 0.6 is 7.60 Å². The zero-order valence-electron chi connectivity index (χ0n) is 31.3. The monoisotopic (exact) mass is 702 g/mol. The average Bonchev–Trinajstić information content (AvgIpc) is 3.06. The largest absolute Gasteiger partial charge is 0.462 e. The highest BCUT2D eigenvalue weighted by Crippen LogP contribution is 2.41. The third-order valence-electron chi connectivity index (χ3n) is 8.73. The Kier molecular flexibility index (Phi) is 34.7. The maximum absolute atomic E-state index is 12.5. The molecule has 0 aliphatic rings. The van der Waals surface area contributed by atoms with Crippen LogP contribution in [0.5, 0.6) is 0 Å². The fourth-order valence-corrected chi connectivity index (χ4v) is 6.53. The summed E-state index contributed by atoms with van der Waals surface area (Å²) in [4.78, 5) is 34.8. The molecule has 0 fully saturated rings. The van der Waals surface area contributed by atoms with Crippen molar-refractivity contribution < 1.29 is 33.0 Å². The minimum atomic E-state index is -3.90. The number of carbonyl (C=O) groups excluding carboxylic acids is 2. The van der Waals surface area contributed by atoms with Crippen LogP contribution in [0.3, 0.4) is 0 Å². The Morgan fingerprint density at radius 3 is 1.44 bits per heavy atom. The smallest absolute Gasteiger partial charge is 0.329 e. The van der Waals surface area contributed by atoms with Crippen molar-refractivity contribution in [3.63, 3.8) is 0 Å². The summed E-state index contributed by atoms with van der Waals surface area (Å²) in [6.07, 6.45) is 35.4. The number of hydrogen-bond acceptors (Lipinski definition) is 7. The maximum Gasteiger partial charge on any atom is 0.329 e. The van der Waals surface area contributed by atoms with E-state index in [1.54, 1.807) is 0 Å². The normalized spacial score (nSPS) is 13.5. The highest BCUT2D eigenvalue weighted by atomic mass is 31.2. The number of rotatable bonds is 37. The predicted molar refractivity (Wildman–Crippen MR) is 200 cm³/mol. The molecular weight excluding hydrogens is 625 g/mol. The predicted octanol–water partition coefficient (Wildman–Crippen LogP) is 11.1. The molecule has 3 N–H and O–H groups in total. The van der Waals surface area contributed by atoms with Crippen LogP contribution < -0.4 is 5.73 Å². The summed E-state index contributed by atoms with van der Waals surface area (Å²) < 4.78 is 28.1. The van der Waals surface area contributed by atoms with Gasteiger partial charge in [0.25, 0.3) is 0 Å². The molecule has 0 saturated carbocycles. The SMILES string of the molecule is CCCCCCCCC=CCCCCCCCC(=O)OC(COC(=O)CCCCCCCCCCCCCCC)COP(=O)(O)CCN. The number of nitrogens with two attached hydrogens (primary N) is 1. The third kappa shape index (κ3) is 34.6. The lowest BCUT2D eigenvalue weighted by atomic mass is 10.0. The van der Waals surface area contributed by atoms with Gasteiger partial charge in [0, 0.05) is 19.4 Å². The van der Waals surface area contributed by atoms with Gasteiger partial charge in [-0.3, -0.25) is 14.2 Å². The summed E-state index contributed by atoms with van der Waals surface area (Å²) >= 11 is 0. The average molecular weight is 702 g/mol. The Morgan fingerprint density at radius 1 is 0.604 bits per heavy atom. The van der Waals surface area contributed by atoms with Crippen LogP contribution in [0.1, 0.15) is 194 Å². The molecule has 0 aliphatic heterocycles. The van der Waals surface area contributed by atoms with E-state index in [4.69, 9.17) is 19.7 Å². The van der Waals surface area contributed by atoms with Gasteiger partial charge in [0.15, 0.2) is 6.10 Å². The summed E-state index contributed by atoms with van der Waals surface area (Å²) in [7, 11) is -3.90. The molecule has 2 atom stereocenters. The summed E-state index contributed by atoms with van der Waals surface area (Å²) in [5.41, 5.74) is 5.40. The lowest BCUT2D eigenvalue weighted by Gasteiger charge is -2.20. The summed E-state index contributed by atoms with van der Waals surface area (Å²) in [5, 5.41) is 0. The number of hydrogen-bond donors (Lipinski definition) is 2. The number of esters is 2. The van der Waals surface area contributed by atoms with Crippen molar-refractivity contribution in [3.05, 3.63) is 12.2 Å². The van der Waals surface area contributed by atoms with Crippen molar-refractivity contribution in [2.75, 3.05) is 25.9 Å². The third-order valence-corrected chi connectivity index (χ3v) is 10.1. The Morgan fingerprint density at radius 2 is 1.00 bits per heavy atom. The molecule has 48 heavy (non-hydrogen) atoms. The van der Waals surface area contributed by atoms with Gasteiger partial charge in [-0.05, 0) is 38.5 Å². The van der Waals surface area contributed by atoms with E-state index in [1.807, 2.05) is 0 Å². The van der Waals surface area contributed by atoms with Gasteiger partial charge in [-0.25, -0.2) is 0 Å². The maximum atomic E-state index is 12.5. The second kappa shape index (κ2) is 35.6. The van der Waals surface area contributed by atoms with Crippen LogP contribution in [0.15, 0.2) is 12.2 Å². The zero-order valence-corrected chi connectivity index (χ0v) is 32.2. The number of unbranched alkanes of at least 4 members (excludes halogenated alkanes) is 23. The molecule has 8 nitrogen and oxygen atoms in total. The molecule has 0 spiro atoms. The van der Waals surface area contributed by atoms with Gasteiger partial charge in [0.2, 0.25) is 0 Å². The fraction of sp³-hybridized carbons (Fsp3) is 0.897. The summed E-state index contributed by atoms with van der Waals surface area (Å²) in [5.74, 6) is -0.772. The van der Waals surface area contributed by atoms with Gasteiger partial charge in [-0.15, -0.1) is 0 Å². The van der Waals surface area contributed by atoms with Gasteiger partial charge >= 0.3 is 19.5 Å². The minimum absolute atomic E-state index is 0.00181. The molecule has 0 heterocycles. The quantitative estimate of drug-likeness (QED) is 0.0284. The molecule has 0 aromatic carbocycles. The van der Waals surface area contributed by atoms with E-state index in [1.165, 1.54) is 109 Å². The zero-order chi connectivity index (χ0) is 35.4. The molecule has 0 aromatic rings. The van der Waals surface area contributed by atoms with Crippen molar-refractivity contribution in [2.45, 2.75) is 200 Å². The standard InChI is InChI=1S/C39H76NO7P/c1-3-5-7-9-11-13-15-17-18-20-22-24-26-28-30-32-39(42)47-37(36-46-48(43,44)34-33-40)35-45-38(41)31-29-27-25-23-21-19-16-14-12-10-8-6-4-2/h17-18,37H,3-16,19-36,40H2,1-2H3,(H,43,44). The number of allylic oxidation sites excluding steroid dienone is 2. The molecule has 0 saturated heterocycles. The second-order valence-electron chi connectivity index (χ2n) is 13.6. The fourth-order valence-electron chi connectivity index (χ4n) is 5.67. The van der Waals surface area contributed by atoms with Crippen LogP contribution in [-0.2, 0) is 28.2 Å². The van der Waals surface area contributed by atoms with Crippen LogP contribution in [0.4, 0.5) is 0 Å². The van der Waals surface area contributed by atoms with E-state index >= 15 is 0 Å². The first kappa shape index (κ1) is 46.8. The molecule has 2 unspecified atom stereocenters. The van der Waals surface area contributed by atoms with Gasteiger partial charge < -0.3 is 24.6 Å². The molecule has 0 amide bonds. The van der Waals surface area contributed by atoms with Gasteiger partial charge in [0.1, 0.15) is 6.61 Å². The first-order chi connectivity index (χ1) is 23.3. The van der Waals surface area contributed by atoms with Crippen LogP contribution in [-0.4, -0.2) is 48.9 Å². The van der Waals surface area contributed by atoms with Gasteiger partial charge in [-0.1, -0.05) is 154 Å². The van der Waals surface area contributed by atoms with Gasteiger partial charge in [-0.2, -0.15) is 0 Å². The van der Waals surface area contributed by atoms with E-state index < -0.39 is 19.7 Å². The van der Waals surface area contributed by atoms with E-state index in [0.717, 1.165) is 51.4 Å². The van der Waals surface area contributed by atoms with E-state index in [2.05, 4.69) is 26.0 Å². The van der Waals surface area contributed by atoms with Crippen molar-refractivity contribution in [3.8, 4) is 0 Å². The van der Waals surface area contributed by atoms with E-state index in [9.17, 15) is 19.0 Å². The highest BCUT2D eigenvalue weighted by molar-refractivity contribution is 7.52. The van der Waals surface area contributed by atoms with E-state index in [-0.39, 0.29) is 38.3 Å². The summed E-state index contributed by atoms with van der Waals surface area (Å²) in [6, 6.07) is 0. The molecule has 0 bridgehead atoms. The molecular formula is C39H76NO7P. The molecule has 284 valence electrons. The molecule has 0 aliphatic carbocycles. The Labute approximate surface area is 295 Å². The molecule has 9 heteroatoms. The van der Waals surface area contributed by atoms with Crippen LogP contribution in [0.25, 0.3) is 0 Å². The van der Waals surface area contributed by atoms with Crippen LogP contribution in [0, 0.1) is 0 Å². The minimum Gasteiger partial charge on any atom is -0.462 e. The lowest BCUT2D eigenvalue weighted by Crippen LogP contribution is -2.29. The van der Waals surface area contributed by atoms with Crippen molar-refractivity contribution >= 4 is 19.5 Å². The molecule has 0 rings (SSSR count). The Bertz CT molecular complexity index is 807. The second-order valence-corrected chi connectivity index (χ2v) is 15.5. The van der Waals surface area contributed by atoms with Crippen LogP contribution in [0.2, 0.25) is 0 Å². The highest BCUT2D eigenvalue weighted by Gasteiger charge is 2.24. The Hall–Kier alpha value is -1.21. The Balaban J connectivity index is 4.12. The number of ether oxygens (including phenoxy) is 2. The molecule has 0 aromatic heterocycles. The van der Waals surface area contributed by atoms with Crippen molar-refractivity contribution in [1.29, 1.82) is 0 Å². The number of carbonyl (C=O) groups is 2. The van der Waals surface area contributed by atoms with E-state index in [0.29, 0.717) is 12.8 Å².